The lowest BCUT2D eigenvalue weighted by Gasteiger charge is -2.17. The Labute approximate surface area is 425 Å². The molecule has 0 spiro atoms. The fraction of sp³-hybridized carbons (Fsp3) is 0.283. The van der Waals surface area contributed by atoms with Crippen molar-refractivity contribution < 1.29 is 32.8 Å². The van der Waals surface area contributed by atoms with E-state index in [0.717, 1.165) is 55.9 Å². The molecule has 0 aliphatic rings. The Morgan fingerprint density at radius 3 is 1.23 bits per heavy atom. The summed E-state index contributed by atoms with van der Waals surface area (Å²) in [5, 5.41) is 15.1. The van der Waals surface area contributed by atoms with Gasteiger partial charge in [0.25, 0.3) is 0 Å². The number of fused-ring (bicyclic) bond motifs is 3. The van der Waals surface area contributed by atoms with E-state index in [4.69, 9.17) is 32.8 Å². The summed E-state index contributed by atoms with van der Waals surface area (Å²) >= 11 is 5.04. The van der Waals surface area contributed by atoms with Crippen LogP contribution in [0.5, 0.6) is 34.5 Å². The maximum atomic E-state index is 5.61. The Hall–Kier alpha value is -7.44. The first-order valence-electron chi connectivity index (χ1n) is 22.6. The number of furan rings is 1. The summed E-state index contributed by atoms with van der Waals surface area (Å²) in [5.41, 5.74) is 3.64. The minimum Gasteiger partial charge on any atom is -0.493 e. The van der Waals surface area contributed by atoms with Crippen LogP contribution in [0.15, 0.2) is 105 Å². The van der Waals surface area contributed by atoms with E-state index in [9.17, 15) is 0 Å². The minimum absolute atomic E-state index is 0.0538. The lowest BCUT2D eigenvalue weighted by atomic mass is 10.1. The quantitative estimate of drug-likeness (QED) is 0.0881. The van der Waals surface area contributed by atoms with Crippen LogP contribution in [-0.2, 0) is 0 Å². The van der Waals surface area contributed by atoms with E-state index in [0.29, 0.717) is 56.6 Å². The first-order chi connectivity index (χ1) is 34.2. The van der Waals surface area contributed by atoms with Gasteiger partial charge in [0.2, 0.25) is 0 Å². The first-order valence-corrected chi connectivity index (χ1v) is 24.3. The Bertz CT molecular complexity index is 3230. The molecule has 0 saturated heterocycles. The Morgan fingerprint density at radius 2 is 0.859 bits per heavy atom. The lowest BCUT2D eigenvalue weighted by molar-refractivity contribution is 0.356. The summed E-state index contributed by atoms with van der Waals surface area (Å²) in [7, 11) is 9.70. The molecule has 0 aliphatic heterocycles. The van der Waals surface area contributed by atoms with Gasteiger partial charge >= 0.3 is 0 Å². The Balaban J connectivity index is 0.000000157. The normalized spacial score (nSPS) is 12.1. The molecule has 18 heteroatoms. The predicted molar refractivity (Wildman–Crippen MR) is 285 cm³/mol. The summed E-state index contributed by atoms with van der Waals surface area (Å²) in [5.74, 6) is 9.13. The molecule has 370 valence electrons. The van der Waals surface area contributed by atoms with Crippen LogP contribution in [-0.4, -0.2) is 72.6 Å². The molecule has 0 aliphatic carbocycles. The summed E-state index contributed by atoms with van der Waals surface area (Å²) in [6.07, 6.45) is 0. The van der Waals surface area contributed by atoms with Crippen molar-refractivity contribution >= 4 is 77.4 Å². The molecule has 0 radical (unpaired) electrons. The number of halogens is 1. The Kier molecular flexibility index (Phi) is 17.0. The summed E-state index contributed by atoms with van der Waals surface area (Å²) in [6, 6.07) is 29.8. The monoisotopic (exact) mass is 1040 g/mol. The highest BCUT2D eigenvalue weighted by molar-refractivity contribution is 9.10. The van der Waals surface area contributed by atoms with Crippen LogP contribution in [0.3, 0.4) is 0 Å². The van der Waals surface area contributed by atoms with E-state index in [1.807, 2.05) is 94.4 Å². The van der Waals surface area contributed by atoms with Crippen molar-refractivity contribution in [3.05, 3.63) is 135 Å². The van der Waals surface area contributed by atoms with E-state index < -0.39 is 0 Å². The second-order valence-electron chi connectivity index (χ2n) is 16.2. The zero-order valence-corrected chi connectivity index (χ0v) is 44.2. The molecule has 4 aromatic carbocycles. The van der Waals surface area contributed by atoms with Crippen LogP contribution in [0.2, 0.25) is 0 Å². The fourth-order valence-electron chi connectivity index (χ4n) is 7.73. The molecule has 16 nitrogen and oxygen atoms in total. The number of thiophene rings is 1. The third-order valence-electron chi connectivity index (χ3n) is 11.3. The largest absolute Gasteiger partial charge is 0.493 e. The second kappa shape index (κ2) is 23.4. The van der Waals surface area contributed by atoms with Gasteiger partial charge in [0.15, 0.2) is 39.2 Å². The Morgan fingerprint density at radius 1 is 0.465 bits per heavy atom. The second-order valence-corrected chi connectivity index (χ2v) is 18.0. The average Bonchev–Trinajstić information content (AvgIpc) is 4.09. The van der Waals surface area contributed by atoms with Crippen molar-refractivity contribution in [2.24, 2.45) is 0 Å². The fourth-order valence-corrected chi connectivity index (χ4v) is 8.78. The SMILES string of the molecule is COc1cc2nc(C)nc(NC(C)c3ccc(Br)o3)c2cc1OC.COc1cc2nc(C)nc(NC(C)c3ccccc3)c2cc1OC.COc1cc2nc(C)nc(NC(C)c3cccs3)c2cc1OC. The van der Waals surface area contributed by atoms with Crippen molar-refractivity contribution in [1.82, 2.24) is 29.9 Å². The van der Waals surface area contributed by atoms with Gasteiger partial charge in [0.1, 0.15) is 40.7 Å². The number of benzene rings is 4. The molecule has 5 heterocycles. The summed E-state index contributed by atoms with van der Waals surface area (Å²) < 4.78 is 38.6. The molecule has 0 saturated carbocycles. The highest BCUT2D eigenvalue weighted by Gasteiger charge is 2.19. The van der Waals surface area contributed by atoms with Crippen LogP contribution in [0.25, 0.3) is 32.7 Å². The van der Waals surface area contributed by atoms with Crippen molar-refractivity contribution in [1.29, 1.82) is 0 Å². The molecule has 71 heavy (non-hydrogen) atoms. The average molecular weight is 1050 g/mol. The van der Waals surface area contributed by atoms with E-state index in [2.05, 4.69) is 105 Å². The number of anilines is 3. The molecule has 0 amide bonds. The first kappa shape index (κ1) is 51.4. The van der Waals surface area contributed by atoms with Crippen LogP contribution in [0.4, 0.5) is 17.5 Å². The summed E-state index contributed by atoms with van der Waals surface area (Å²) in [6.45, 7) is 11.9. The van der Waals surface area contributed by atoms with E-state index in [-0.39, 0.29) is 18.1 Å². The zero-order chi connectivity index (χ0) is 50.8. The molecule has 3 unspecified atom stereocenters. The van der Waals surface area contributed by atoms with Gasteiger partial charge in [0, 0.05) is 45.3 Å². The number of nitrogens with zero attached hydrogens (tertiary/aromatic N) is 6. The predicted octanol–water partition coefficient (Wildman–Crippen LogP) is 12.8. The summed E-state index contributed by atoms with van der Waals surface area (Å²) in [4.78, 5) is 28.4. The molecule has 9 rings (SSSR count). The van der Waals surface area contributed by atoms with E-state index in [1.54, 1.807) is 54.0 Å². The number of ether oxygens (including phenoxy) is 6. The van der Waals surface area contributed by atoms with E-state index in [1.165, 1.54) is 10.4 Å². The maximum absolute atomic E-state index is 5.61. The van der Waals surface area contributed by atoms with Crippen molar-refractivity contribution in [2.45, 2.75) is 59.7 Å². The van der Waals surface area contributed by atoms with Gasteiger partial charge in [-0.3, -0.25) is 0 Å². The highest BCUT2D eigenvalue weighted by atomic mass is 79.9. The third-order valence-corrected chi connectivity index (χ3v) is 12.8. The van der Waals surface area contributed by atoms with Crippen LogP contribution in [0.1, 0.15) is 72.6 Å². The molecular formula is C53H58BrN9O7S. The zero-order valence-electron chi connectivity index (χ0n) is 41.8. The van der Waals surface area contributed by atoms with Gasteiger partial charge in [-0.2, -0.15) is 0 Å². The molecule has 0 fully saturated rings. The van der Waals surface area contributed by atoms with Gasteiger partial charge in [-0.05, 0) is 105 Å². The third kappa shape index (κ3) is 12.3. The van der Waals surface area contributed by atoms with E-state index >= 15 is 0 Å². The molecule has 3 N–H and O–H groups in total. The molecule has 9 aromatic rings. The van der Waals surface area contributed by atoms with Crippen LogP contribution >= 0.6 is 27.3 Å². The number of aryl methyl sites for hydroxylation is 3. The van der Waals surface area contributed by atoms with Gasteiger partial charge in [0.05, 0.1) is 71.3 Å². The van der Waals surface area contributed by atoms with Gasteiger partial charge in [-0.1, -0.05) is 36.4 Å². The number of hydrogen-bond donors (Lipinski definition) is 3. The minimum atomic E-state index is -0.0538. The molecule has 3 atom stereocenters. The van der Waals surface area contributed by atoms with Crippen molar-refractivity contribution in [3.8, 4) is 34.5 Å². The smallest absolute Gasteiger partial charge is 0.169 e. The number of methoxy groups -OCH3 is 6. The number of hydrogen-bond acceptors (Lipinski definition) is 17. The molecule has 0 bridgehead atoms. The van der Waals surface area contributed by atoms with Crippen LogP contribution < -0.4 is 44.4 Å². The van der Waals surface area contributed by atoms with Crippen LogP contribution in [0, 0.1) is 20.8 Å². The van der Waals surface area contributed by atoms with Gasteiger partial charge in [-0.25, -0.2) is 29.9 Å². The van der Waals surface area contributed by atoms with Gasteiger partial charge < -0.3 is 48.8 Å². The standard InChI is InChI=1S/C19H21N3O2.C17H18BrN3O3.C17H19N3O2S/c1-12(14-8-6-5-7-9-14)20-19-15-10-17(23-3)18(24-4)11-16(15)21-13(2)22-19;1-9(13-5-6-16(18)24-13)19-17-11-7-14(22-3)15(23-4)8-12(11)20-10(2)21-17;1-10(16-6-5-7-23-16)18-17-12-8-14(21-3)15(22-4)9-13(12)19-11(2)20-17/h5-12H,1-4H3,(H,20,21,22);5-9H,1-4H3,(H,19,20,21);5-10H,1-4H3,(H,18,19,20). The topological polar surface area (TPSA) is 182 Å². The lowest BCUT2D eigenvalue weighted by Crippen LogP contribution is -2.09. The van der Waals surface area contributed by atoms with Crippen molar-refractivity contribution in [2.75, 3.05) is 58.6 Å². The molecule has 5 aromatic heterocycles. The van der Waals surface area contributed by atoms with Crippen molar-refractivity contribution in [3.63, 3.8) is 0 Å². The highest BCUT2D eigenvalue weighted by Crippen LogP contribution is 2.38. The van der Waals surface area contributed by atoms with Gasteiger partial charge in [-0.15, -0.1) is 11.3 Å². The molecular weight excluding hydrogens is 987 g/mol. The number of rotatable bonds is 15. The number of aromatic nitrogens is 6. The number of nitrogens with one attached hydrogen (secondary N) is 3. The maximum Gasteiger partial charge on any atom is 0.169 e.